The van der Waals surface area contributed by atoms with E-state index in [1.165, 1.54) is 6.92 Å². The monoisotopic (exact) mass is 122 g/mol. The Morgan fingerprint density at radius 1 is 1.62 bits per heavy atom. The highest BCUT2D eigenvalue weighted by molar-refractivity contribution is 5.84. The molecule has 0 saturated carbocycles. The molecule has 0 rings (SSSR count). The van der Waals surface area contributed by atoms with Gasteiger partial charge in [0.1, 0.15) is 0 Å². The Balaban J connectivity index is 3.82. The van der Waals surface area contributed by atoms with Gasteiger partial charge in [-0.2, -0.15) is 8.78 Å². The standard InChI is InChI=1S/C5H8F2O/c1-3-4(8)5(2,6)7/h3H2,1-2H3. The van der Waals surface area contributed by atoms with Crippen LogP contribution in [0.25, 0.3) is 0 Å². The molecule has 3 heteroatoms. The van der Waals surface area contributed by atoms with E-state index in [1.54, 1.807) is 0 Å². The molecule has 0 heterocycles. The highest BCUT2D eigenvalue weighted by atomic mass is 19.3. The van der Waals surface area contributed by atoms with Gasteiger partial charge in [0.05, 0.1) is 0 Å². The lowest BCUT2D eigenvalue weighted by Crippen LogP contribution is -2.22. The first kappa shape index (κ1) is 7.53. The predicted molar refractivity (Wildman–Crippen MR) is 25.9 cm³/mol. The average molecular weight is 122 g/mol. The van der Waals surface area contributed by atoms with Crippen LogP contribution in [0.5, 0.6) is 0 Å². The van der Waals surface area contributed by atoms with E-state index in [0.29, 0.717) is 6.92 Å². The SMILES string of the molecule is CCC(=O)C(C)(F)F. The number of carbonyl (C=O) groups excluding carboxylic acids is 1. The largest absolute Gasteiger partial charge is 0.302 e. The average Bonchev–Trinajstić information content (AvgIpc) is 1.62. The number of hydrogen-bond donors (Lipinski definition) is 0. The molecule has 0 radical (unpaired) electrons. The molecule has 0 bridgehead atoms. The van der Waals surface area contributed by atoms with E-state index in [4.69, 9.17) is 0 Å². The molecule has 0 fully saturated rings. The van der Waals surface area contributed by atoms with E-state index in [-0.39, 0.29) is 6.42 Å². The van der Waals surface area contributed by atoms with Crippen molar-refractivity contribution in [2.24, 2.45) is 0 Å². The van der Waals surface area contributed by atoms with Crippen molar-refractivity contribution in [2.45, 2.75) is 26.2 Å². The first-order valence-electron chi connectivity index (χ1n) is 2.39. The van der Waals surface area contributed by atoms with Crippen LogP contribution >= 0.6 is 0 Å². The van der Waals surface area contributed by atoms with Crippen molar-refractivity contribution in [3.8, 4) is 0 Å². The third-order valence-electron chi connectivity index (χ3n) is 0.811. The Kier molecular flexibility index (Phi) is 2.07. The van der Waals surface area contributed by atoms with Gasteiger partial charge in [-0.25, -0.2) is 0 Å². The van der Waals surface area contributed by atoms with Gasteiger partial charge in [0.2, 0.25) is 5.78 Å². The van der Waals surface area contributed by atoms with Gasteiger partial charge in [-0.05, 0) is 0 Å². The molecule has 0 unspecified atom stereocenters. The van der Waals surface area contributed by atoms with Crippen molar-refractivity contribution >= 4 is 5.78 Å². The Hall–Kier alpha value is -0.470. The molecule has 0 saturated heterocycles. The van der Waals surface area contributed by atoms with E-state index in [1.807, 2.05) is 0 Å². The van der Waals surface area contributed by atoms with Gasteiger partial charge < -0.3 is 0 Å². The summed E-state index contributed by atoms with van der Waals surface area (Å²) < 4.78 is 23.5. The van der Waals surface area contributed by atoms with Crippen LogP contribution < -0.4 is 0 Å². The van der Waals surface area contributed by atoms with Gasteiger partial charge in [0.15, 0.2) is 0 Å². The summed E-state index contributed by atoms with van der Waals surface area (Å²) in [5.41, 5.74) is 0. The van der Waals surface area contributed by atoms with Crippen LogP contribution in [0.4, 0.5) is 8.78 Å². The van der Waals surface area contributed by atoms with Crippen molar-refractivity contribution in [1.82, 2.24) is 0 Å². The molecular formula is C5H8F2O. The van der Waals surface area contributed by atoms with Gasteiger partial charge in [0, 0.05) is 13.3 Å². The molecule has 0 aromatic rings. The summed E-state index contributed by atoms with van der Waals surface area (Å²) in [7, 11) is 0. The van der Waals surface area contributed by atoms with Crippen molar-refractivity contribution in [2.75, 3.05) is 0 Å². The molecule has 8 heavy (non-hydrogen) atoms. The van der Waals surface area contributed by atoms with Crippen LogP contribution in [-0.4, -0.2) is 11.7 Å². The third-order valence-corrected chi connectivity index (χ3v) is 0.811. The molecular weight excluding hydrogens is 114 g/mol. The van der Waals surface area contributed by atoms with Crippen LogP contribution in [0.1, 0.15) is 20.3 Å². The summed E-state index contributed by atoms with van der Waals surface area (Å²) >= 11 is 0. The minimum absolute atomic E-state index is 0.0938. The van der Waals surface area contributed by atoms with Crippen molar-refractivity contribution in [1.29, 1.82) is 0 Å². The van der Waals surface area contributed by atoms with E-state index >= 15 is 0 Å². The smallest absolute Gasteiger partial charge is 0.293 e. The maximum Gasteiger partial charge on any atom is 0.302 e. The molecule has 0 amide bonds. The van der Waals surface area contributed by atoms with E-state index in [9.17, 15) is 13.6 Å². The molecule has 0 aromatic carbocycles. The third kappa shape index (κ3) is 2.00. The molecule has 1 nitrogen and oxygen atoms in total. The first-order valence-corrected chi connectivity index (χ1v) is 2.39. The Morgan fingerprint density at radius 2 is 2.00 bits per heavy atom. The summed E-state index contributed by atoms with van der Waals surface area (Å²) in [5, 5.41) is 0. The second-order valence-electron chi connectivity index (χ2n) is 1.67. The first-order chi connectivity index (χ1) is 3.48. The molecule has 0 spiro atoms. The van der Waals surface area contributed by atoms with Gasteiger partial charge in [-0.3, -0.25) is 4.79 Å². The maximum atomic E-state index is 11.8. The fourth-order valence-corrected chi connectivity index (χ4v) is 0.310. The second-order valence-corrected chi connectivity index (χ2v) is 1.67. The second kappa shape index (κ2) is 2.20. The topological polar surface area (TPSA) is 17.1 Å². The minimum atomic E-state index is -3.13. The zero-order chi connectivity index (χ0) is 6.78. The lowest BCUT2D eigenvalue weighted by Gasteiger charge is -2.04. The summed E-state index contributed by atoms with van der Waals surface area (Å²) in [4.78, 5) is 10.1. The van der Waals surface area contributed by atoms with E-state index in [2.05, 4.69) is 0 Å². The van der Waals surface area contributed by atoms with Crippen LogP contribution in [0, 0.1) is 0 Å². The summed E-state index contributed by atoms with van der Waals surface area (Å²) in [6, 6.07) is 0. The summed E-state index contributed by atoms with van der Waals surface area (Å²) in [5.74, 6) is -4.13. The number of Topliss-reactive ketones (excluding diaryl/α,β-unsaturated/α-hetero) is 1. The number of hydrogen-bond acceptors (Lipinski definition) is 1. The van der Waals surface area contributed by atoms with Crippen LogP contribution in [0.2, 0.25) is 0 Å². The molecule has 48 valence electrons. The molecule has 0 aromatic heterocycles. The van der Waals surface area contributed by atoms with Gasteiger partial charge in [-0.1, -0.05) is 6.92 Å². The van der Waals surface area contributed by atoms with E-state index in [0.717, 1.165) is 0 Å². The van der Waals surface area contributed by atoms with Gasteiger partial charge in [-0.15, -0.1) is 0 Å². The van der Waals surface area contributed by atoms with Crippen LogP contribution in [-0.2, 0) is 4.79 Å². The van der Waals surface area contributed by atoms with E-state index < -0.39 is 11.7 Å². The van der Waals surface area contributed by atoms with Crippen LogP contribution in [0.15, 0.2) is 0 Å². The predicted octanol–water partition coefficient (Wildman–Crippen LogP) is 1.62. The number of carbonyl (C=O) groups is 1. The Labute approximate surface area is 46.7 Å². The molecule has 0 aliphatic carbocycles. The zero-order valence-electron chi connectivity index (χ0n) is 4.87. The molecule has 0 aliphatic rings. The lowest BCUT2D eigenvalue weighted by atomic mass is 10.2. The normalized spacial score (nSPS) is 11.5. The van der Waals surface area contributed by atoms with Crippen molar-refractivity contribution in [3.05, 3.63) is 0 Å². The summed E-state index contributed by atoms with van der Waals surface area (Å²) in [6.45, 7) is 2.03. The van der Waals surface area contributed by atoms with Crippen molar-refractivity contribution in [3.63, 3.8) is 0 Å². The quantitative estimate of drug-likeness (QED) is 0.544. The van der Waals surface area contributed by atoms with Crippen LogP contribution in [0.3, 0.4) is 0 Å². The number of rotatable bonds is 2. The zero-order valence-corrected chi connectivity index (χ0v) is 4.87. The minimum Gasteiger partial charge on any atom is -0.293 e. The molecule has 0 atom stereocenters. The van der Waals surface area contributed by atoms with Crippen molar-refractivity contribution < 1.29 is 13.6 Å². The highest BCUT2D eigenvalue weighted by Gasteiger charge is 2.29. The fourth-order valence-electron chi connectivity index (χ4n) is 0.310. The fraction of sp³-hybridized carbons (Fsp3) is 0.800. The summed E-state index contributed by atoms with van der Waals surface area (Å²) in [6.07, 6.45) is -0.0938. The van der Waals surface area contributed by atoms with Gasteiger partial charge in [0.25, 0.3) is 0 Å². The Bertz CT molecular complexity index is 93.1. The van der Waals surface area contributed by atoms with Gasteiger partial charge >= 0.3 is 5.92 Å². The molecule has 0 N–H and O–H groups in total. The molecule has 0 aliphatic heterocycles. The number of halogens is 2. The highest BCUT2D eigenvalue weighted by Crippen LogP contribution is 2.13. The lowest BCUT2D eigenvalue weighted by molar-refractivity contribution is -0.140. The Morgan fingerprint density at radius 3 is 2.00 bits per heavy atom. The number of ketones is 1. The number of alkyl halides is 2. The maximum absolute atomic E-state index is 11.8.